The van der Waals surface area contributed by atoms with E-state index in [2.05, 4.69) is 20.6 Å². The van der Waals surface area contributed by atoms with E-state index in [1.807, 2.05) is 19.9 Å². The number of ketones is 1. The van der Waals surface area contributed by atoms with Gasteiger partial charge in [0.2, 0.25) is 0 Å². The molecule has 23 heavy (non-hydrogen) atoms. The zero-order valence-corrected chi connectivity index (χ0v) is 13.5. The number of rotatable bonds is 6. The Hall–Kier alpha value is -2.76. The maximum atomic E-state index is 11.9. The van der Waals surface area contributed by atoms with E-state index in [0.717, 1.165) is 12.1 Å². The summed E-state index contributed by atoms with van der Waals surface area (Å²) in [5.74, 6) is 0.263. The van der Waals surface area contributed by atoms with E-state index in [9.17, 15) is 9.59 Å². The van der Waals surface area contributed by atoms with Crippen molar-refractivity contribution in [2.75, 3.05) is 5.32 Å². The smallest absolute Gasteiger partial charge is 0.271 e. The number of Topliss-reactive ketones (excluding diaryl/α,β-unsaturated/α-hetero) is 1. The molecule has 6 heteroatoms. The summed E-state index contributed by atoms with van der Waals surface area (Å²) in [5, 5.41) is 5.90. The molecule has 0 aliphatic heterocycles. The summed E-state index contributed by atoms with van der Waals surface area (Å²) in [6, 6.07) is 7.21. The van der Waals surface area contributed by atoms with E-state index in [1.165, 1.54) is 19.3 Å². The van der Waals surface area contributed by atoms with Crippen molar-refractivity contribution in [1.29, 1.82) is 0 Å². The van der Waals surface area contributed by atoms with E-state index in [0.29, 0.717) is 11.4 Å². The molecule has 2 aromatic rings. The van der Waals surface area contributed by atoms with Gasteiger partial charge in [0, 0.05) is 17.3 Å². The van der Waals surface area contributed by atoms with Gasteiger partial charge in [-0.05, 0) is 32.4 Å². The van der Waals surface area contributed by atoms with Crippen molar-refractivity contribution in [3.8, 4) is 0 Å². The van der Waals surface area contributed by atoms with E-state index >= 15 is 0 Å². The van der Waals surface area contributed by atoms with Crippen LogP contribution in [-0.2, 0) is 0 Å². The highest BCUT2D eigenvalue weighted by Gasteiger charge is 2.10. The van der Waals surface area contributed by atoms with E-state index in [1.54, 1.807) is 18.2 Å². The molecule has 6 nitrogen and oxygen atoms in total. The van der Waals surface area contributed by atoms with Gasteiger partial charge in [0.1, 0.15) is 11.5 Å². The highest BCUT2D eigenvalue weighted by molar-refractivity contribution is 5.95. The lowest BCUT2D eigenvalue weighted by atomic mass is 10.1. The zero-order valence-electron chi connectivity index (χ0n) is 13.5. The highest BCUT2D eigenvalue weighted by Crippen LogP contribution is 2.15. The van der Waals surface area contributed by atoms with Gasteiger partial charge in [0.15, 0.2) is 5.78 Å². The predicted molar refractivity (Wildman–Crippen MR) is 89.0 cm³/mol. The van der Waals surface area contributed by atoms with Crippen molar-refractivity contribution in [1.82, 2.24) is 15.3 Å². The van der Waals surface area contributed by atoms with Crippen LogP contribution in [0.5, 0.6) is 0 Å². The number of hydrogen-bond donors (Lipinski definition) is 2. The average Bonchev–Trinajstić information content (AvgIpc) is 2.55. The molecule has 1 heterocycles. The van der Waals surface area contributed by atoms with Gasteiger partial charge in [0.25, 0.3) is 5.91 Å². The van der Waals surface area contributed by atoms with Gasteiger partial charge in [-0.15, -0.1) is 0 Å². The van der Waals surface area contributed by atoms with Crippen LogP contribution in [0.2, 0.25) is 0 Å². The molecule has 0 saturated carbocycles. The molecule has 0 aliphatic rings. The minimum Gasteiger partial charge on any atom is -0.348 e. The minimum atomic E-state index is -0.239. The van der Waals surface area contributed by atoms with E-state index in [-0.39, 0.29) is 23.4 Å². The van der Waals surface area contributed by atoms with Gasteiger partial charge in [-0.2, -0.15) is 0 Å². The number of nitrogens with one attached hydrogen (secondary N) is 2. The second kappa shape index (κ2) is 7.49. The summed E-state index contributed by atoms with van der Waals surface area (Å²) < 4.78 is 0. The molecule has 0 aliphatic carbocycles. The van der Waals surface area contributed by atoms with Gasteiger partial charge < -0.3 is 10.6 Å². The zero-order chi connectivity index (χ0) is 16.8. The Kier molecular flexibility index (Phi) is 5.41. The molecule has 1 aromatic heterocycles. The Morgan fingerprint density at radius 1 is 1.22 bits per heavy atom. The average molecular weight is 312 g/mol. The van der Waals surface area contributed by atoms with Gasteiger partial charge in [-0.25, -0.2) is 9.97 Å². The largest absolute Gasteiger partial charge is 0.348 e. The SMILES string of the molecule is CCC(C)NC(=O)c1cnc(Nc2cccc(C(C)=O)c2)cn1. The normalized spacial score (nSPS) is 11.6. The third-order valence-electron chi connectivity index (χ3n) is 3.42. The topological polar surface area (TPSA) is 84.0 Å². The molecular formula is C17H20N4O2. The van der Waals surface area contributed by atoms with Crippen LogP contribution < -0.4 is 10.6 Å². The van der Waals surface area contributed by atoms with Crippen LogP contribution in [0.4, 0.5) is 11.5 Å². The van der Waals surface area contributed by atoms with Crippen molar-refractivity contribution >= 4 is 23.2 Å². The number of nitrogens with zero attached hydrogens (tertiary/aromatic N) is 2. The lowest BCUT2D eigenvalue weighted by molar-refractivity contribution is 0.0933. The van der Waals surface area contributed by atoms with Gasteiger partial charge >= 0.3 is 0 Å². The minimum absolute atomic E-state index is 0.00297. The molecule has 0 bridgehead atoms. The van der Waals surface area contributed by atoms with Crippen molar-refractivity contribution < 1.29 is 9.59 Å². The summed E-state index contributed by atoms with van der Waals surface area (Å²) >= 11 is 0. The molecule has 2 N–H and O–H groups in total. The van der Waals surface area contributed by atoms with Crippen molar-refractivity contribution in [2.24, 2.45) is 0 Å². The molecule has 0 fully saturated rings. The van der Waals surface area contributed by atoms with Crippen LogP contribution in [0, 0.1) is 0 Å². The number of amides is 1. The van der Waals surface area contributed by atoms with E-state index < -0.39 is 0 Å². The maximum absolute atomic E-state index is 11.9. The fourth-order valence-electron chi connectivity index (χ4n) is 1.87. The Labute approximate surface area is 135 Å². The summed E-state index contributed by atoms with van der Waals surface area (Å²) in [5.41, 5.74) is 1.63. The standard InChI is InChI=1S/C17H20N4O2/c1-4-11(2)20-17(23)15-9-19-16(10-18-15)21-14-7-5-6-13(8-14)12(3)22/h5-11H,4H2,1-3H3,(H,19,21)(H,20,23). The molecule has 0 radical (unpaired) electrons. The number of aromatic nitrogens is 2. The Balaban J connectivity index is 2.07. The summed E-state index contributed by atoms with van der Waals surface area (Å²) in [6.45, 7) is 5.45. The molecule has 0 spiro atoms. The number of carbonyl (C=O) groups is 2. The molecule has 1 amide bonds. The van der Waals surface area contributed by atoms with Gasteiger partial charge in [-0.1, -0.05) is 19.1 Å². The number of benzene rings is 1. The van der Waals surface area contributed by atoms with Crippen molar-refractivity contribution in [2.45, 2.75) is 33.2 Å². The molecule has 2 rings (SSSR count). The number of hydrogen-bond acceptors (Lipinski definition) is 5. The van der Waals surface area contributed by atoms with E-state index in [4.69, 9.17) is 0 Å². The van der Waals surface area contributed by atoms with Crippen LogP contribution in [0.1, 0.15) is 48.0 Å². The van der Waals surface area contributed by atoms with Gasteiger partial charge in [-0.3, -0.25) is 9.59 Å². The summed E-state index contributed by atoms with van der Waals surface area (Å²) in [7, 11) is 0. The fraction of sp³-hybridized carbons (Fsp3) is 0.294. The summed E-state index contributed by atoms with van der Waals surface area (Å²) in [6.07, 6.45) is 3.77. The van der Waals surface area contributed by atoms with Crippen molar-refractivity contribution in [3.05, 3.63) is 47.9 Å². The van der Waals surface area contributed by atoms with Crippen LogP contribution in [-0.4, -0.2) is 27.7 Å². The molecule has 120 valence electrons. The number of carbonyl (C=O) groups excluding carboxylic acids is 2. The quantitative estimate of drug-likeness (QED) is 0.801. The molecule has 0 saturated heterocycles. The monoisotopic (exact) mass is 312 g/mol. The second-order valence-corrected chi connectivity index (χ2v) is 5.33. The molecule has 1 aromatic carbocycles. The van der Waals surface area contributed by atoms with Crippen LogP contribution in [0.25, 0.3) is 0 Å². The first-order chi connectivity index (χ1) is 11.0. The van der Waals surface area contributed by atoms with Gasteiger partial charge in [0.05, 0.1) is 12.4 Å². The molecule has 1 atom stereocenters. The Bertz CT molecular complexity index is 698. The lowest BCUT2D eigenvalue weighted by Gasteiger charge is -2.11. The van der Waals surface area contributed by atoms with Crippen LogP contribution in [0.15, 0.2) is 36.7 Å². The predicted octanol–water partition coefficient (Wildman–Crippen LogP) is 2.95. The summed E-state index contributed by atoms with van der Waals surface area (Å²) in [4.78, 5) is 31.6. The maximum Gasteiger partial charge on any atom is 0.271 e. The van der Waals surface area contributed by atoms with Crippen molar-refractivity contribution in [3.63, 3.8) is 0 Å². The number of anilines is 2. The first-order valence-corrected chi connectivity index (χ1v) is 7.50. The highest BCUT2D eigenvalue weighted by atomic mass is 16.2. The Morgan fingerprint density at radius 3 is 2.61 bits per heavy atom. The third kappa shape index (κ3) is 4.60. The molecule has 1 unspecified atom stereocenters. The van der Waals surface area contributed by atoms with Crippen LogP contribution in [0.3, 0.4) is 0 Å². The first kappa shape index (κ1) is 16.6. The Morgan fingerprint density at radius 2 is 2.00 bits per heavy atom. The third-order valence-corrected chi connectivity index (χ3v) is 3.42. The lowest BCUT2D eigenvalue weighted by Crippen LogP contribution is -2.32. The fourth-order valence-corrected chi connectivity index (χ4v) is 1.87. The van der Waals surface area contributed by atoms with Crippen LogP contribution >= 0.6 is 0 Å². The first-order valence-electron chi connectivity index (χ1n) is 7.50. The molecular weight excluding hydrogens is 292 g/mol. The second-order valence-electron chi connectivity index (χ2n) is 5.33.